The van der Waals surface area contributed by atoms with Crippen LogP contribution in [0.5, 0.6) is 0 Å². The Morgan fingerprint density at radius 3 is 2.93 bits per heavy atom. The maximum absolute atomic E-state index is 11.2. The highest BCUT2D eigenvalue weighted by atomic mass is 79.9. The van der Waals surface area contributed by atoms with Crippen LogP contribution in [0.4, 0.5) is 0 Å². The van der Waals surface area contributed by atoms with Crippen LogP contribution in [0.2, 0.25) is 0 Å². The van der Waals surface area contributed by atoms with Crippen molar-refractivity contribution in [3.8, 4) is 0 Å². The van der Waals surface area contributed by atoms with Gasteiger partial charge >= 0.3 is 0 Å². The fourth-order valence-corrected chi connectivity index (χ4v) is 1.91. The van der Waals surface area contributed by atoms with Crippen molar-refractivity contribution >= 4 is 27.5 Å². The number of carbonyl (C=O) groups excluding carboxylic acids is 1. The Labute approximate surface area is 96.9 Å². The lowest BCUT2D eigenvalue weighted by Crippen LogP contribution is -2.27. The van der Waals surface area contributed by atoms with Gasteiger partial charge in [-0.2, -0.15) is 0 Å². The van der Waals surface area contributed by atoms with Gasteiger partial charge < -0.3 is 0 Å². The molecule has 1 radical (unpaired) electrons. The van der Waals surface area contributed by atoms with Gasteiger partial charge in [-0.3, -0.25) is 9.80 Å². The molecule has 2 rings (SSSR count). The lowest BCUT2D eigenvalue weighted by atomic mass is 10.1. The van der Waals surface area contributed by atoms with Gasteiger partial charge in [0.25, 0.3) is 5.91 Å². The van der Waals surface area contributed by atoms with Gasteiger partial charge in [0.15, 0.2) is 0 Å². The van der Waals surface area contributed by atoms with Crippen LogP contribution >= 0.6 is 15.9 Å². The van der Waals surface area contributed by atoms with Gasteiger partial charge in [0.1, 0.15) is 0 Å². The molecule has 0 bridgehead atoms. The standard InChI is InChI=1S/C11H10BrN2O/c1-2-14-10(7-11(15)13-14)8-4-3-5-9(12)6-8/h3-7H,2H2,1H3. The van der Waals surface area contributed by atoms with Crippen molar-refractivity contribution in [2.45, 2.75) is 6.92 Å². The van der Waals surface area contributed by atoms with Crippen molar-refractivity contribution < 1.29 is 4.79 Å². The maximum Gasteiger partial charge on any atom is 0.288 e. The predicted octanol–water partition coefficient (Wildman–Crippen LogP) is 2.17. The van der Waals surface area contributed by atoms with E-state index in [2.05, 4.69) is 21.4 Å². The van der Waals surface area contributed by atoms with E-state index in [0.29, 0.717) is 6.54 Å². The summed E-state index contributed by atoms with van der Waals surface area (Å²) in [4.78, 5) is 11.2. The molecule has 1 aromatic carbocycles. The van der Waals surface area contributed by atoms with Gasteiger partial charge in [-0.15, -0.1) is 5.43 Å². The minimum Gasteiger partial charge on any atom is -0.266 e. The monoisotopic (exact) mass is 265 g/mol. The van der Waals surface area contributed by atoms with Gasteiger partial charge in [0.05, 0.1) is 5.70 Å². The van der Waals surface area contributed by atoms with E-state index in [9.17, 15) is 4.79 Å². The van der Waals surface area contributed by atoms with Crippen molar-refractivity contribution in [3.05, 3.63) is 40.4 Å². The van der Waals surface area contributed by atoms with E-state index in [-0.39, 0.29) is 5.91 Å². The molecule has 77 valence electrons. The Morgan fingerprint density at radius 2 is 2.27 bits per heavy atom. The number of halogens is 1. The lowest BCUT2D eigenvalue weighted by molar-refractivity contribution is -0.118. The molecule has 0 aromatic heterocycles. The van der Waals surface area contributed by atoms with E-state index >= 15 is 0 Å². The Bertz CT molecular complexity index is 428. The zero-order valence-corrected chi connectivity index (χ0v) is 9.86. The van der Waals surface area contributed by atoms with E-state index in [1.54, 1.807) is 11.1 Å². The first-order valence-electron chi connectivity index (χ1n) is 4.71. The van der Waals surface area contributed by atoms with Gasteiger partial charge in [-0.25, -0.2) is 0 Å². The van der Waals surface area contributed by atoms with Crippen molar-refractivity contribution in [1.29, 1.82) is 0 Å². The van der Waals surface area contributed by atoms with Crippen molar-refractivity contribution in [1.82, 2.24) is 10.4 Å². The van der Waals surface area contributed by atoms with Crippen molar-refractivity contribution in [2.75, 3.05) is 6.54 Å². The Kier molecular flexibility index (Phi) is 2.77. The largest absolute Gasteiger partial charge is 0.288 e. The Balaban J connectivity index is 2.38. The molecular weight excluding hydrogens is 256 g/mol. The van der Waals surface area contributed by atoms with Crippen LogP contribution in [-0.2, 0) is 4.79 Å². The molecule has 0 atom stereocenters. The lowest BCUT2D eigenvalue weighted by Gasteiger charge is -2.17. The molecule has 1 aliphatic rings. The summed E-state index contributed by atoms with van der Waals surface area (Å²) in [7, 11) is 0. The number of nitrogens with zero attached hydrogens (tertiary/aromatic N) is 2. The van der Waals surface area contributed by atoms with Crippen LogP contribution in [0.3, 0.4) is 0 Å². The molecule has 1 aliphatic heterocycles. The first-order valence-corrected chi connectivity index (χ1v) is 5.51. The van der Waals surface area contributed by atoms with Crippen LogP contribution in [0, 0.1) is 0 Å². The smallest absolute Gasteiger partial charge is 0.266 e. The number of carbonyl (C=O) groups is 1. The summed E-state index contributed by atoms with van der Waals surface area (Å²) >= 11 is 3.40. The van der Waals surface area contributed by atoms with E-state index in [1.165, 1.54) is 0 Å². The molecule has 0 spiro atoms. The van der Waals surface area contributed by atoms with Crippen LogP contribution < -0.4 is 5.43 Å². The SMILES string of the molecule is CCN1[N]C(=O)C=C1c1cccc(Br)c1. The third-order valence-corrected chi connectivity index (χ3v) is 2.67. The van der Waals surface area contributed by atoms with Crippen molar-refractivity contribution in [2.24, 2.45) is 0 Å². The molecule has 0 saturated heterocycles. The Hall–Kier alpha value is -1.29. The highest BCUT2D eigenvalue weighted by molar-refractivity contribution is 9.10. The number of hydrogen-bond acceptors (Lipinski definition) is 2. The summed E-state index contributed by atoms with van der Waals surface area (Å²) in [5.41, 5.74) is 5.75. The van der Waals surface area contributed by atoms with Crippen molar-refractivity contribution in [3.63, 3.8) is 0 Å². The number of hydrogen-bond donors (Lipinski definition) is 0. The molecule has 1 aromatic rings. The third kappa shape index (κ3) is 2.04. The molecule has 15 heavy (non-hydrogen) atoms. The van der Waals surface area contributed by atoms with E-state index < -0.39 is 0 Å². The van der Waals surface area contributed by atoms with Crippen LogP contribution in [0.25, 0.3) is 5.70 Å². The summed E-state index contributed by atoms with van der Waals surface area (Å²) in [5.74, 6) is -0.188. The van der Waals surface area contributed by atoms with E-state index in [0.717, 1.165) is 15.7 Å². The normalized spacial score (nSPS) is 15.2. The Morgan fingerprint density at radius 1 is 1.47 bits per heavy atom. The summed E-state index contributed by atoms with van der Waals surface area (Å²) in [6.07, 6.45) is 1.56. The second-order valence-corrected chi connectivity index (χ2v) is 4.11. The topological polar surface area (TPSA) is 34.4 Å². The second-order valence-electron chi connectivity index (χ2n) is 3.19. The molecule has 0 unspecified atom stereocenters. The zero-order chi connectivity index (χ0) is 10.8. The van der Waals surface area contributed by atoms with E-state index in [1.807, 2.05) is 31.2 Å². The van der Waals surface area contributed by atoms with Crippen LogP contribution in [0.1, 0.15) is 12.5 Å². The average Bonchev–Trinajstić information content (AvgIpc) is 2.59. The van der Waals surface area contributed by atoms with E-state index in [4.69, 9.17) is 0 Å². The quantitative estimate of drug-likeness (QED) is 0.822. The predicted molar refractivity (Wildman–Crippen MR) is 61.6 cm³/mol. The highest BCUT2D eigenvalue weighted by Crippen LogP contribution is 2.24. The number of benzene rings is 1. The summed E-state index contributed by atoms with van der Waals surface area (Å²) in [6.45, 7) is 2.66. The first kappa shape index (κ1) is 10.2. The summed E-state index contributed by atoms with van der Waals surface area (Å²) in [6, 6.07) is 7.83. The molecule has 0 aliphatic carbocycles. The summed E-state index contributed by atoms with van der Waals surface area (Å²) < 4.78 is 0.997. The molecule has 1 heterocycles. The third-order valence-electron chi connectivity index (χ3n) is 2.18. The maximum atomic E-state index is 11.2. The molecule has 0 N–H and O–H groups in total. The summed E-state index contributed by atoms with van der Waals surface area (Å²) in [5, 5.41) is 1.71. The zero-order valence-electron chi connectivity index (χ0n) is 8.27. The molecule has 0 fully saturated rings. The fraction of sp³-hybridized carbons (Fsp3) is 0.182. The minimum absolute atomic E-state index is 0.188. The fourth-order valence-electron chi connectivity index (χ4n) is 1.51. The number of amides is 1. The molecule has 3 nitrogen and oxygen atoms in total. The molecule has 1 amide bonds. The average molecular weight is 266 g/mol. The van der Waals surface area contributed by atoms with Gasteiger partial charge in [-0.05, 0) is 19.1 Å². The highest BCUT2D eigenvalue weighted by Gasteiger charge is 2.22. The van der Waals surface area contributed by atoms with Crippen LogP contribution in [0.15, 0.2) is 34.8 Å². The molecular formula is C11H10BrN2O. The number of rotatable bonds is 2. The molecule has 4 heteroatoms. The molecule has 0 saturated carbocycles. The minimum atomic E-state index is -0.188. The van der Waals surface area contributed by atoms with Gasteiger partial charge in [0, 0.05) is 22.7 Å². The second kappa shape index (κ2) is 4.06. The van der Waals surface area contributed by atoms with Crippen LogP contribution in [-0.4, -0.2) is 17.5 Å². The first-order chi connectivity index (χ1) is 7.20. The van der Waals surface area contributed by atoms with Gasteiger partial charge in [-0.1, -0.05) is 28.1 Å². The van der Waals surface area contributed by atoms with Gasteiger partial charge in [0.2, 0.25) is 0 Å².